The Kier molecular flexibility index (Phi) is 6.32. The van der Waals surface area contributed by atoms with Crippen molar-refractivity contribution in [2.75, 3.05) is 35.8 Å². The van der Waals surface area contributed by atoms with Gasteiger partial charge in [-0.2, -0.15) is 0 Å². The Hall–Kier alpha value is -4.20. The number of ether oxygens (including phenoxy) is 1. The second kappa shape index (κ2) is 9.35. The predicted molar refractivity (Wildman–Crippen MR) is 128 cm³/mol. The maximum Gasteiger partial charge on any atom is 0.282 e. The molecule has 174 valence electrons. The van der Waals surface area contributed by atoms with Crippen molar-refractivity contribution in [1.82, 2.24) is 0 Å². The lowest BCUT2D eigenvalue weighted by atomic mass is 10.0. The van der Waals surface area contributed by atoms with Crippen molar-refractivity contribution >= 4 is 34.4 Å². The Bertz CT molecular complexity index is 1270. The molecule has 8 heteroatoms. The molecule has 0 spiro atoms. The summed E-state index contributed by atoms with van der Waals surface area (Å²) in [6.07, 6.45) is 0. The van der Waals surface area contributed by atoms with Gasteiger partial charge < -0.3 is 15.0 Å². The van der Waals surface area contributed by atoms with Crippen LogP contribution < -0.4 is 19.9 Å². The number of amides is 2. The van der Waals surface area contributed by atoms with Crippen LogP contribution in [-0.4, -0.2) is 32.5 Å². The topological polar surface area (TPSA) is 61.9 Å². The number of carbonyl (C=O) groups excluding carboxylic acids is 2. The van der Waals surface area contributed by atoms with Gasteiger partial charge in [-0.3, -0.25) is 9.59 Å². The van der Waals surface area contributed by atoms with Crippen LogP contribution in [0.15, 0.2) is 72.4 Å². The SMILES string of the molecule is CCOc1ccc(C2=C(Nc3ccc(N(C)C)cc3)C(=O)N(c3ccc(F)cc3F)C2=O)cc1. The van der Waals surface area contributed by atoms with Crippen LogP contribution in [0.5, 0.6) is 5.75 Å². The third-order valence-electron chi connectivity index (χ3n) is 5.34. The van der Waals surface area contributed by atoms with Crippen molar-refractivity contribution in [3.8, 4) is 5.75 Å². The van der Waals surface area contributed by atoms with E-state index in [2.05, 4.69) is 5.32 Å². The summed E-state index contributed by atoms with van der Waals surface area (Å²) in [5, 5.41) is 3.03. The fraction of sp³-hybridized carbons (Fsp3) is 0.154. The van der Waals surface area contributed by atoms with E-state index < -0.39 is 23.4 Å². The minimum Gasteiger partial charge on any atom is -0.494 e. The highest BCUT2D eigenvalue weighted by atomic mass is 19.1. The average molecular weight is 463 g/mol. The molecule has 0 aliphatic carbocycles. The summed E-state index contributed by atoms with van der Waals surface area (Å²) in [5.41, 5.74) is 1.74. The highest BCUT2D eigenvalue weighted by Crippen LogP contribution is 2.35. The van der Waals surface area contributed by atoms with E-state index in [0.717, 1.165) is 22.7 Å². The van der Waals surface area contributed by atoms with E-state index in [1.165, 1.54) is 0 Å². The molecule has 34 heavy (non-hydrogen) atoms. The van der Waals surface area contributed by atoms with Gasteiger partial charge >= 0.3 is 0 Å². The van der Waals surface area contributed by atoms with Crippen LogP contribution in [-0.2, 0) is 9.59 Å². The van der Waals surface area contributed by atoms with E-state index in [-0.39, 0.29) is 17.0 Å². The molecule has 2 amide bonds. The monoisotopic (exact) mass is 463 g/mol. The van der Waals surface area contributed by atoms with Gasteiger partial charge in [0.1, 0.15) is 23.1 Å². The Labute approximate surface area is 196 Å². The molecule has 0 aromatic heterocycles. The highest BCUT2D eigenvalue weighted by Gasteiger charge is 2.41. The standard InChI is InChI=1S/C26H23F2N3O3/c1-4-34-20-12-5-16(6-13-20)23-24(29-18-8-10-19(11-9-18)30(2)3)26(33)31(25(23)32)22-14-7-17(27)15-21(22)28/h5-15,29H,4H2,1-3H3. The number of carbonyl (C=O) groups is 2. The molecule has 0 saturated heterocycles. The normalized spacial score (nSPS) is 13.5. The number of imide groups is 1. The van der Waals surface area contributed by atoms with Gasteiger partial charge in [0.05, 0.1) is 17.9 Å². The number of rotatable bonds is 7. The van der Waals surface area contributed by atoms with Crippen molar-refractivity contribution in [2.24, 2.45) is 0 Å². The average Bonchev–Trinajstić information content (AvgIpc) is 3.04. The van der Waals surface area contributed by atoms with Crippen molar-refractivity contribution in [2.45, 2.75) is 6.92 Å². The molecule has 4 rings (SSSR count). The van der Waals surface area contributed by atoms with E-state index in [9.17, 15) is 18.4 Å². The quantitative estimate of drug-likeness (QED) is 0.509. The first-order chi connectivity index (χ1) is 16.3. The maximum absolute atomic E-state index is 14.5. The smallest absolute Gasteiger partial charge is 0.282 e. The molecular formula is C26H23F2N3O3. The van der Waals surface area contributed by atoms with Gasteiger partial charge in [0, 0.05) is 31.5 Å². The number of nitrogens with zero attached hydrogens (tertiary/aromatic N) is 2. The van der Waals surface area contributed by atoms with Crippen molar-refractivity contribution < 1.29 is 23.1 Å². The second-order valence-corrected chi connectivity index (χ2v) is 7.82. The summed E-state index contributed by atoms with van der Waals surface area (Å²) < 4.78 is 33.5. The fourth-order valence-corrected chi connectivity index (χ4v) is 3.67. The van der Waals surface area contributed by atoms with Gasteiger partial charge in [0.25, 0.3) is 11.8 Å². The molecule has 1 N–H and O–H groups in total. The van der Waals surface area contributed by atoms with Crippen LogP contribution >= 0.6 is 0 Å². The number of hydrogen-bond donors (Lipinski definition) is 1. The van der Waals surface area contributed by atoms with E-state index in [4.69, 9.17) is 4.74 Å². The van der Waals surface area contributed by atoms with Gasteiger partial charge in [-0.15, -0.1) is 0 Å². The van der Waals surface area contributed by atoms with Crippen LogP contribution in [0.25, 0.3) is 5.57 Å². The minimum atomic E-state index is -1.01. The Morgan fingerprint density at radius 2 is 1.59 bits per heavy atom. The summed E-state index contributed by atoms with van der Waals surface area (Å²) >= 11 is 0. The van der Waals surface area contributed by atoms with Crippen LogP contribution in [0.1, 0.15) is 12.5 Å². The summed E-state index contributed by atoms with van der Waals surface area (Å²) in [4.78, 5) is 29.4. The molecule has 1 aliphatic rings. The minimum absolute atomic E-state index is 0.00418. The van der Waals surface area contributed by atoms with E-state index in [1.54, 1.807) is 36.4 Å². The molecule has 3 aromatic rings. The van der Waals surface area contributed by atoms with Crippen LogP contribution in [0.2, 0.25) is 0 Å². The van der Waals surface area contributed by atoms with Crippen LogP contribution in [0, 0.1) is 11.6 Å². The number of nitrogens with one attached hydrogen (secondary N) is 1. The number of benzene rings is 3. The molecule has 3 aromatic carbocycles. The first-order valence-electron chi connectivity index (χ1n) is 10.7. The van der Waals surface area contributed by atoms with E-state index >= 15 is 0 Å². The Morgan fingerprint density at radius 1 is 0.912 bits per heavy atom. The number of anilines is 3. The molecule has 0 radical (unpaired) electrons. The largest absolute Gasteiger partial charge is 0.494 e. The molecule has 1 heterocycles. The zero-order valence-electron chi connectivity index (χ0n) is 18.9. The molecule has 1 aliphatic heterocycles. The van der Waals surface area contributed by atoms with Crippen LogP contribution in [0.4, 0.5) is 25.8 Å². The van der Waals surface area contributed by atoms with Gasteiger partial charge in [0.2, 0.25) is 0 Å². The van der Waals surface area contributed by atoms with E-state index in [1.807, 2.05) is 38.1 Å². The van der Waals surface area contributed by atoms with Crippen LogP contribution in [0.3, 0.4) is 0 Å². The first kappa shape index (κ1) is 23.0. The molecule has 0 saturated carbocycles. The predicted octanol–water partition coefficient (Wildman–Crippen LogP) is 4.83. The van der Waals surface area contributed by atoms with Crippen molar-refractivity contribution in [3.05, 3.63) is 89.6 Å². The summed E-state index contributed by atoms with van der Waals surface area (Å²) in [6.45, 7) is 2.33. The maximum atomic E-state index is 14.5. The van der Waals surface area contributed by atoms with Crippen molar-refractivity contribution in [3.63, 3.8) is 0 Å². The van der Waals surface area contributed by atoms with E-state index in [0.29, 0.717) is 29.7 Å². The van der Waals surface area contributed by atoms with Crippen molar-refractivity contribution in [1.29, 1.82) is 0 Å². The highest BCUT2D eigenvalue weighted by molar-refractivity contribution is 6.46. The summed E-state index contributed by atoms with van der Waals surface area (Å²) in [6, 6.07) is 16.7. The zero-order valence-corrected chi connectivity index (χ0v) is 18.9. The van der Waals surface area contributed by atoms with Gasteiger partial charge in [-0.25, -0.2) is 13.7 Å². The summed E-state index contributed by atoms with van der Waals surface area (Å²) in [5.74, 6) is -2.66. The third-order valence-corrected chi connectivity index (χ3v) is 5.34. The zero-order chi connectivity index (χ0) is 24.4. The molecule has 0 atom stereocenters. The molecular weight excluding hydrogens is 440 g/mol. The number of halogens is 2. The second-order valence-electron chi connectivity index (χ2n) is 7.82. The Balaban J connectivity index is 1.78. The molecule has 0 fully saturated rings. The third kappa shape index (κ3) is 4.34. The molecule has 0 unspecified atom stereocenters. The lowest BCUT2D eigenvalue weighted by molar-refractivity contribution is -0.120. The van der Waals surface area contributed by atoms with Gasteiger partial charge in [-0.05, 0) is 61.0 Å². The van der Waals surface area contributed by atoms with Gasteiger partial charge in [0.15, 0.2) is 0 Å². The fourth-order valence-electron chi connectivity index (χ4n) is 3.67. The Morgan fingerprint density at radius 3 is 2.18 bits per heavy atom. The lowest BCUT2D eigenvalue weighted by Gasteiger charge is -2.16. The first-order valence-corrected chi connectivity index (χ1v) is 10.7. The summed E-state index contributed by atoms with van der Waals surface area (Å²) in [7, 11) is 3.81. The molecule has 0 bridgehead atoms. The molecule has 6 nitrogen and oxygen atoms in total. The lowest BCUT2D eigenvalue weighted by Crippen LogP contribution is -2.33. The van der Waals surface area contributed by atoms with Gasteiger partial charge in [-0.1, -0.05) is 12.1 Å². The number of hydrogen-bond acceptors (Lipinski definition) is 5.